The summed E-state index contributed by atoms with van der Waals surface area (Å²) in [5.41, 5.74) is 7.35. The van der Waals surface area contributed by atoms with Crippen LogP contribution in [-0.2, 0) is 0 Å². The monoisotopic (exact) mass is 294 g/mol. The maximum atomic E-state index is 12.4. The molecule has 4 nitrogen and oxygen atoms in total. The van der Waals surface area contributed by atoms with Crippen molar-refractivity contribution in [3.63, 3.8) is 0 Å². The molecule has 0 bridgehead atoms. The second-order valence-corrected chi connectivity index (χ2v) is 4.22. The second-order valence-electron chi connectivity index (χ2n) is 4.22. The second kappa shape index (κ2) is 6.78. The highest BCUT2D eigenvalue weighted by atomic mass is 19.3. The van der Waals surface area contributed by atoms with Crippen LogP contribution in [0.5, 0.6) is 11.5 Å². The Morgan fingerprint density at radius 3 is 2.67 bits per heavy atom. The molecule has 0 amide bonds. The molecule has 0 heterocycles. The average molecular weight is 294 g/mol. The van der Waals surface area contributed by atoms with E-state index >= 15 is 0 Å². The standard InChI is InChI=1S/C15H16F2N2O2/c1-2-20-12-8-10(18)7-11(9-12)19-13-5-3-4-6-14(13)21-15(16)17/h3-9,15,19H,2,18H2,1H3. The highest BCUT2D eigenvalue weighted by Crippen LogP contribution is 2.31. The van der Waals surface area contributed by atoms with E-state index in [2.05, 4.69) is 10.1 Å². The third-order valence-corrected chi connectivity index (χ3v) is 2.62. The van der Waals surface area contributed by atoms with Gasteiger partial charge < -0.3 is 20.5 Å². The minimum atomic E-state index is -2.88. The number of benzene rings is 2. The van der Waals surface area contributed by atoms with Crippen molar-refractivity contribution in [2.45, 2.75) is 13.5 Å². The highest BCUT2D eigenvalue weighted by Gasteiger charge is 2.09. The van der Waals surface area contributed by atoms with Crippen molar-refractivity contribution in [2.75, 3.05) is 17.7 Å². The molecule has 0 unspecified atom stereocenters. The van der Waals surface area contributed by atoms with Gasteiger partial charge in [0.25, 0.3) is 0 Å². The summed E-state index contributed by atoms with van der Waals surface area (Å²) in [5.74, 6) is 0.667. The van der Waals surface area contributed by atoms with Gasteiger partial charge in [-0.3, -0.25) is 0 Å². The molecule has 0 aromatic heterocycles. The van der Waals surface area contributed by atoms with E-state index in [1.54, 1.807) is 36.4 Å². The van der Waals surface area contributed by atoms with Crippen molar-refractivity contribution >= 4 is 17.1 Å². The molecule has 3 N–H and O–H groups in total. The third-order valence-electron chi connectivity index (χ3n) is 2.62. The van der Waals surface area contributed by atoms with Crippen molar-refractivity contribution in [1.82, 2.24) is 0 Å². The summed E-state index contributed by atoms with van der Waals surface area (Å²) in [5, 5.41) is 3.00. The molecule has 0 fully saturated rings. The van der Waals surface area contributed by atoms with Gasteiger partial charge in [0.05, 0.1) is 12.3 Å². The quantitative estimate of drug-likeness (QED) is 0.790. The van der Waals surface area contributed by atoms with Crippen LogP contribution in [-0.4, -0.2) is 13.2 Å². The molecule has 2 rings (SSSR count). The zero-order valence-electron chi connectivity index (χ0n) is 11.5. The van der Waals surface area contributed by atoms with Crippen molar-refractivity contribution in [3.05, 3.63) is 42.5 Å². The minimum Gasteiger partial charge on any atom is -0.494 e. The molecule has 0 aliphatic carbocycles. The average Bonchev–Trinajstić information content (AvgIpc) is 2.40. The predicted octanol–water partition coefficient (Wildman–Crippen LogP) is 4.01. The van der Waals surface area contributed by atoms with Crippen LogP contribution in [0.4, 0.5) is 25.8 Å². The Kier molecular flexibility index (Phi) is 4.81. The van der Waals surface area contributed by atoms with Crippen LogP contribution >= 0.6 is 0 Å². The number of hydrogen-bond donors (Lipinski definition) is 2. The van der Waals surface area contributed by atoms with Gasteiger partial charge in [0.2, 0.25) is 0 Å². The Labute approximate surface area is 121 Å². The Morgan fingerprint density at radius 1 is 1.19 bits per heavy atom. The Hall–Kier alpha value is -2.50. The number of anilines is 3. The fourth-order valence-corrected chi connectivity index (χ4v) is 1.87. The van der Waals surface area contributed by atoms with E-state index in [1.807, 2.05) is 6.92 Å². The lowest BCUT2D eigenvalue weighted by Crippen LogP contribution is -2.04. The molecule has 0 atom stereocenters. The summed E-state index contributed by atoms with van der Waals surface area (Å²) < 4.78 is 34.6. The van der Waals surface area contributed by atoms with Gasteiger partial charge in [0.1, 0.15) is 11.5 Å². The largest absolute Gasteiger partial charge is 0.494 e. The van der Waals surface area contributed by atoms with Gasteiger partial charge in [-0.1, -0.05) is 12.1 Å². The molecule has 0 aliphatic heterocycles. The molecule has 2 aromatic rings. The Morgan fingerprint density at radius 2 is 1.95 bits per heavy atom. The molecule has 0 spiro atoms. The summed E-state index contributed by atoms with van der Waals surface area (Å²) in [6.45, 7) is -0.511. The number of alkyl halides is 2. The van der Waals surface area contributed by atoms with E-state index < -0.39 is 6.61 Å². The first-order valence-electron chi connectivity index (χ1n) is 6.42. The molecule has 0 aliphatic rings. The third kappa shape index (κ3) is 4.24. The molecule has 6 heteroatoms. The smallest absolute Gasteiger partial charge is 0.387 e. The number of hydrogen-bond acceptors (Lipinski definition) is 4. The summed E-state index contributed by atoms with van der Waals surface area (Å²) in [4.78, 5) is 0. The van der Waals surface area contributed by atoms with Crippen LogP contribution in [0, 0.1) is 0 Å². The molecule has 0 saturated carbocycles. The van der Waals surface area contributed by atoms with Gasteiger partial charge in [-0.2, -0.15) is 8.78 Å². The molecule has 2 aromatic carbocycles. The topological polar surface area (TPSA) is 56.5 Å². The van der Waals surface area contributed by atoms with Gasteiger partial charge >= 0.3 is 6.61 Å². The van der Waals surface area contributed by atoms with Gasteiger partial charge in [0, 0.05) is 23.5 Å². The normalized spacial score (nSPS) is 10.5. The van der Waals surface area contributed by atoms with Crippen LogP contribution in [0.2, 0.25) is 0 Å². The number of para-hydroxylation sites is 2. The minimum absolute atomic E-state index is 0.0629. The lowest BCUT2D eigenvalue weighted by atomic mass is 10.2. The number of ether oxygens (including phenoxy) is 2. The maximum Gasteiger partial charge on any atom is 0.387 e. The lowest BCUT2D eigenvalue weighted by molar-refractivity contribution is -0.0493. The van der Waals surface area contributed by atoms with Gasteiger partial charge in [-0.05, 0) is 25.1 Å². The zero-order chi connectivity index (χ0) is 15.2. The fraction of sp³-hybridized carbons (Fsp3) is 0.200. The van der Waals surface area contributed by atoms with Gasteiger partial charge in [-0.15, -0.1) is 0 Å². The number of nitrogen functional groups attached to an aromatic ring is 1. The van der Waals surface area contributed by atoms with Crippen LogP contribution in [0.15, 0.2) is 42.5 Å². The van der Waals surface area contributed by atoms with E-state index in [0.29, 0.717) is 29.4 Å². The fourth-order valence-electron chi connectivity index (χ4n) is 1.87. The van der Waals surface area contributed by atoms with E-state index in [1.165, 1.54) is 6.07 Å². The predicted molar refractivity (Wildman–Crippen MR) is 78.4 cm³/mol. The van der Waals surface area contributed by atoms with Gasteiger partial charge in [0.15, 0.2) is 0 Å². The zero-order valence-corrected chi connectivity index (χ0v) is 11.5. The van der Waals surface area contributed by atoms with Crippen molar-refractivity contribution in [1.29, 1.82) is 0 Å². The highest BCUT2D eigenvalue weighted by molar-refractivity contribution is 5.70. The number of halogens is 2. The molecular weight excluding hydrogens is 278 g/mol. The molecule has 112 valence electrons. The van der Waals surface area contributed by atoms with Crippen molar-refractivity contribution < 1.29 is 18.3 Å². The first-order valence-corrected chi connectivity index (χ1v) is 6.42. The van der Waals surface area contributed by atoms with E-state index in [-0.39, 0.29) is 5.75 Å². The van der Waals surface area contributed by atoms with Crippen molar-refractivity contribution in [2.24, 2.45) is 0 Å². The molecular formula is C15H16F2N2O2. The first-order chi connectivity index (χ1) is 10.1. The molecule has 0 saturated heterocycles. The Bertz CT molecular complexity index is 606. The lowest BCUT2D eigenvalue weighted by Gasteiger charge is -2.14. The summed E-state index contributed by atoms with van der Waals surface area (Å²) in [6.07, 6.45) is 0. The van der Waals surface area contributed by atoms with E-state index in [0.717, 1.165) is 0 Å². The molecule has 0 radical (unpaired) electrons. The summed E-state index contributed by atoms with van der Waals surface area (Å²) >= 11 is 0. The SMILES string of the molecule is CCOc1cc(N)cc(Nc2ccccc2OC(F)F)c1. The van der Waals surface area contributed by atoms with Crippen LogP contribution in [0.1, 0.15) is 6.92 Å². The summed E-state index contributed by atoms with van der Waals surface area (Å²) in [7, 11) is 0. The van der Waals surface area contributed by atoms with Crippen LogP contribution in [0.3, 0.4) is 0 Å². The number of nitrogens with two attached hydrogens (primary N) is 1. The van der Waals surface area contributed by atoms with E-state index in [9.17, 15) is 8.78 Å². The first kappa shape index (κ1) is 14.9. The maximum absolute atomic E-state index is 12.4. The Balaban J connectivity index is 2.25. The van der Waals surface area contributed by atoms with Gasteiger partial charge in [-0.25, -0.2) is 0 Å². The van der Waals surface area contributed by atoms with Crippen LogP contribution in [0.25, 0.3) is 0 Å². The molecule has 21 heavy (non-hydrogen) atoms. The number of rotatable bonds is 6. The number of nitrogens with one attached hydrogen (secondary N) is 1. The van der Waals surface area contributed by atoms with Crippen LogP contribution < -0.4 is 20.5 Å². The van der Waals surface area contributed by atoms with E-state index in [4.69, 9.17) is 10.5 Å². The summed E-state index contributed by atoms with van der Waals surface area (Å²) in [6, 6.07) is 11.5. The van der Waals surface area contributed by atoms with Crippen molar-refractivity contribution in [3.8, 4) is 11.5 Å².